The molecule has 30 heavy (non-hydrogen) atoms. The number of fused-ring (bicyclic) bond motifs is 1. The minimum absolute atomic E-state index is 0.0140. The summed E-state index contributed by atoms with van der Waals surface area (Å²) in [7, 11) is 0. The molecule has 3 rings (SSSR count). The SMILES string of the molecule is C=C1CCCC2C1(C)CCC(C)C2(C)C=CC1(O)CC(OC(C)=O)OC1OC(C)=O. The lowest BCUT2D eigenvalue weighted by atomic mass is 9.47. The van der Waals surface area contributed by atoms with Crippen LogP contribution in [0, 0.1) is 22.7 Å². The minimum Gasteiger partial charge on any atom is -0.436 e. The summed E-state index contributed by atoms with van der Waals surface area (Å²) in [5, 5.41) is 11.3. The van der Waals surface area contributed by atoms with Crippen molar-refractivity contribution in [2.75, 3.05) is 0 Å². The molecule has 1 saturated heterocycles. The van der Waals surface area contributed by atoms with E-state index in [1.807, 2.05) is 0 Å². The molecule has 0 aromatic rings. The first kappa shape index (κ1) is 23.0. The Balaban J connectivity index is 1.90. The number of hydrogen-bond donors (Lipinski definition) is 1. The van der Waals surface area contributed by atoms with Crippen molar-refractivity contribution in [2.24, 2.45) is 22.7 Å². The van der Waals surface area contributed by atoms with Gasteiger partial charge >= 0.3 is 11.9 Å². The molecule has 0 bridgehead atoms. The molecule has 3 fully saturated rings. The van der Waals surface area contributed by atoms with Crippen LogP contribution in [0.1, 0.15) is 73.1 Å². The molecule has 2 aliphatic carbocycles. The molecule has 2 saturated carbocycles. The smallest absolute Gasteiger partial charge is 0.305 e. The van der Waals surface area contributed by atoms with Crippen molar-refractivity contribution in [3.63, 3.8) is 0 Å². The molecular formula is C24H36O6. The Kier molecular flexibility index (Phi) is 6.23. The molecule has 1 heterocycles. The highest BCUT2D eigenvalue weighted by Gasteiger charge is 2.54. The molecule has 0 spiro atoms. The number of allylic oxidation sites excluding steroid dienone is 2. The maximum absolute atomic E-state index is 11.5. The van der Waals surface area contributed by atoms with Crippen LogP contribution in [0.5, 0.6) is 0 Å². The van der Waals surface area contributed by atoms with Crippen LogP contribution in [-0.4, -0.2) is 35.2 Å². The number of rotatable bonds is 4. The Morgan fingerprint density at radius 2 is 1.83 bits per heavy atom. The number of aliphatic hydroxyl groups is 1. The molecule has 0 aromatic heterocycles. The van der Waals surface area contributed by atoms with Crippen LogP contribution in [-0.2, 0) is 23.8 Å². The van der Waals surface area contributed by atoms with Gasteiger partial charge < -0.3 is 14.6 Å². The average molecular weight is 421 g/mol. The van der Waals surface area contributed by atoms with Crippen LogP contribution in [0.15, 0.2) is 24.3 Å². The predicted octanol–water partition coefficient (Wildman–Crippen LogP) is 4.27. The third kappa shape index (κ3) is 4.09. The fraction of sp³-hybridized carbons (Fsp3) is 0.750. The first-order chi connectivity index (χ1) is 13.9. The summed E-state index contributed by atoms with van der Waals surface area (Å²) in [6.07, 6.45) is 7.20. The summed E-state index contributed by atoms with van der Waals surface area (Å²) in [4.78, 5) is 22.9. The van der Waals surface area contributed by atoms with Gasteiger partial charge in [-0.2, -0.15) is 0 Å². The minimum atomic E-state index is -1.56. The van der Waals surface area contributed by atoms with E-state index in [0.717, 1.165) is 32.1 Å². The van der Waals surface area contributed by atoms with Gasteiger partial charge in [0, 0.05) is 20.3 Å². The molecular weight excluding hydrogens is 384 g/mol. The fourth-order valence-corrected chi connectivity index (χ4v) is 5.84. The van der Waals surface area contributed by atoms with Gasteiger partial charge in [-0.05, 0) is 54.8 Å². The molecule has 6 nitrogen and oxygen atoms in total. The fourth-order valence-electron chi connectivity index (χ4n) is 5.84. The molecule has 0 amide bonds. The second-order valence-electron chi connectivity index (χ2n) is 9.92. The Morgan fingerprint density at radius 1 is 1.17 bits per heavy atom. The van der Waals surface area contributed by atoms with Gasteiger partial charge in [-0.3, -0.25) is 14.3 Å². The van der Waals surface area contributed by atoms with Crippen LogP contribution in [0.25, 0.3) is 0 Å². The third-order valence-electron chi connectivity index (χ3n) is 7.94. The van der Waals surface area contributed by atoms with Gasteiger partial charge in [0.05, 0.1) is 0 Å². The first-order valence-corrected chi connectivity index (χ1v) is 11.0. The van der Waals surface area contributed by atoms with Crippen molar-refractivity contribution >= 4 is 11.9 Å². The van der Waals surface area contributed by atoms with Crippen molar-refractivity contribution in [2.45, 2.75) is 91.3 Å². The van der Waals surface area contributed by atoms with Gasteiger partial charge in [0.2, 0.25) is 12.6 Å². The van der Waals surface area contributed by atoms with Crippen molar-refractivity contribution in [1.82, 2.24) is 0 Å². The number of esters is 2. The molecule has 168 valence electrons. The zero-order chi connectivity index (χ0) is 22.3. The van der Waals surface area contributed by atoms with Crippen LogP contribution in [0.3, 0.4) is 0 Å². The Bertz CT molecular complexity index is 744. The van der Waals surface area contributed by atoms with Crippen molar-refractivity contribution in [3.8, 4) is 0 Å². The highest BCUT2D eigenvalue weighted by atomic mass is 16.8. The topological polar surface area (TPSA) is 82.1 Å². The monoisotopic (exact) mass is 420 g/mol. The summed E-state index contributed by atoms with van der Waals surface area (Å²) in [5.41, 5.74) is -0.282. The number of carbonyl (C=O) groups is 2. The van der Waals surface area contributed by atoms with Crippen LogP contribution in [0.2, 0.25) is 0 Å². The molecule has 7 atom stereocenters. The van der Waals surface area contributed by atoms with Crippen LogP contribution < -0.4 is 0 Å². The lowest BCUT2D eigenvalue weighted by Crippen LogP contribution is -2.50. The standard InChI is InChI=1S/C24H36O6/c1-15-8-7-9-19-22(15,5)11-10-16(2)23(19,6)12-13-24(27)14-20(28-17(3)25)30-21(24)29-18(4)26/h12-13,16,19-21,27H,1,7-11,14H2,2-6H3. The number of hydrogen-bond acceptors (Lipinski definition) is 6. The van der Waals surface area contributed by atoms with Gasteiger partial charge in [0.15, 0.2) is 5.60 Å². The predicted molar refractivity (Wildman–Crippen MR) is 112 cm³/mol. The van der Waals surface area contributed by atoms with E-state index >= 15 is 0 Å². The van der Waals surface area contributed by atoms with Gasteiger partial charge in [-0.1, -0.05) is 45.1 Å². The van der Waals surface area contributed by atoms with Crippen LogP contribution in [0.4, 0.5) is 0 Å². The van der Waals surface area contributed by atoms with Gasteiger partial charge in [0.25, 0.3) is 0 Å². The second kappa shape index (κ2) is 8.12. The van der Waals surface area contributed by atoms with E-state index in [9.17, 15) is 14.7 Å². The Morgan fingerprint density at radius 3 is 2.47 bits per heavy atom. The summed E-state index contributed by atoms with van der Waals surface area (Å²) in [5.74, 6) is -0.225. The summed E-state index contributed by atoms with van der Waals surface area (Å²) < 4.78 is 15.9. The maximum atomic E-state index is 11.5. The molecule has 1 aliphatic heterocycles. The maximum Gasteiger partial charge on any atom is 0.305 e. The molecule has 1 N–H and O–H groups in total. The number of ether oxygens (including phenoxy) is 3. The Hall–Kier alpha value is -1.66. The second-order valence-corrected chi connectivity index (χ2v) is 9.92. The van der Waals surface area contributed by atoms with E-state index < -0.39 is 30.1 Å². The van der Waals surface area contributed by atoms with E-state index in [0.29, 0.717) is 11.8 Å². The average Bonchev–Trinajstić information content (AvgIpc) is 2.93. The lowest BCUT2D eigenvalue weighted by Gasteiger charge is -2.57. The molecule has 3 aliphatic rings. The van der Waals surface area contributed by atoms with E-state index in [2.05, 4.69) is 33.4 Å². The molecule has 6 heteroatoms. The zero-order valence-corrected chi connectivity index (χ0v) is 18.9. The normalized spacial score (nSPS) is 44.0. The molecule has 7 unspecified atom stereocenters. The molecule has 0 aromatic carbocycles. The summed E-state index contributed by atoms with van der Waals surface area (Å²) in [6.45, 7) is 13.8. The Labute approximate surface area is 179 Å². The third-order valence-corrected chi connectivity index (χ3v) is 7.94. The van der Waals surface area contributed by atoms with Gasteiger partial charge in [-0.15, -0.1) is 0 Å². The number of carbonyl (C=O) groups excluding carboxylic acids is 2. The van der Waals surface area contributed by atoms with Crippen molar-refractivity contribution < 1.29 is 28.9 Å². The largest absolute Gasteiger partial charge is 0.436 e. The van der Waals surface area contributed by atoms with E-state index in [1.54, 1.807) is 6.08 Å². The van der Waals surface area contributed by atoms with Gasteiger partial charge in [0.1, 0.15) is 0 Å². The quantitative estimate of drug-likeness (QED) is 0.540. The summed E-state index contributed by atoms with van der Waals surface area (Å²) in [6, 6.07) is 0. The highest BCUT2D eigenvalue weighted by Crippen LogP contribution is 2.62. The van der Waals surface area contributed by atoms with E-state index in [4.69, 9.17) is 14.2 Å². The van der Waals surface area contributed by atoms with E-state index in [-0.39, 0.29) is 17.3 Å². The van der Waals surface area contributed by atoms with Crippen molar-refractivity contribution in [3.05, 3.63) is 24.3 Å². The first-order valence-electron chi connectivity index (χ1n) is 11.0. The van der Waals surface area contributed by atoms with Crippen LogP contribution >= 0.6 is 0 Å². The summed E-state index contributed by atoms with van der Waals surface area (Å²) >= 11 is 0. The zero-order valence-electron chi connectivity index (χ0n) is 18.9. The highest BCUT2D eigenvalue weighted by molar-refractivity contribution is 5.66. The lowest BCUT2D eigenvalue weighted by molar-refractivity contribution is -0.222. The van der Waals surface area contributed by atoms with Crippen molar-refractivity contribution in [1.29, 1.82) is 0 Å². The van der Waals surface area contributed by atoms with Gasteiger partial charge in [-0.25, -0.2) is 0 Å². The molecule has 0 radical (unpaired) electrons. The van der Waals surface area contributed by atoms with E-state index in [1.165, 1.54) is 19.4 Å².